The Kier molecular flexibility index (Phi) is 14.1. The molecule has 0 radical (unpaired) electrons. The first-order chi connectivity index (χ1) is 13.6. The van der Waals surface area contributed by atoms with Gasteiger partial charge in [0.05, 0.1) is 20.6 Å². The van der Waals surface area contributed by atoms with E-state index in [-0.39, 0.29) is 0 Å². The van der Waals surface area contributed by atoms with Gasteiger partial charge in [-0.25, -0.2) is 0 Å². The third kappa shape index (κ3) is 11.1. The number of benzene rings is 1. The predicted molar refractivity (Wildman–Crippen MR) is 127 cm³/mol. The van der Waals surface area contributed by atoms with Crippen LogP contribution >= 0.6 is 0 Å². The highest BCUT2D eigenvalue weighted by Crippen LogP contribution is 2.26. The number of unbranched alkanes of at least 4 members (excludes halogenated alkanes) is 13. The van der Waals surface area contributed by atoms with E-state index in [1.807, 2.05) is 0 Å². The molecule has 0 heterocycles. The Morgan fingerprint density at radius 2 is 1.14 bits per heavy atom. The van der Waals surface area contributed by atoms with Crippen molar-refractivity contribution in [3.8, 4) is 0 Å². The van der Waals surface area contributed by atoms with E-state index in [2.05, 4.69) is 64.0 Å². The molecule has 1 nitrogen and oxygen atoms in total. The first kappa shape index (κ1) is 25.0. The van der Waals surface area contributed by atoms with E-state index < -0.39 is 0 Å². The molecular formula is C27H48N+. The Bertz CT molecular complexity index is 476. The van der Waals surface area contributed by atoms with Crippen LogP contribution in [-0.2, 0) is 0 Å². The van der Waals surface area contributed by atoms with Crippen LogP contribution in [-0.4, -0.2) is 25.1 Å². The maximum Gasteiger partial charge on any atom is 0.133 e. The summed E-state index contributed by atoms with van der Waals surface area (Å²) in [6, 6.07) is 11.2. The van der Waals surface area contributed by atoms with Gasteiger partial charge in [0.1, 0.15) is 6.04 Å². The topological polar surface area (TPSA) is 0 Å². The van der Waals surface area contributed by atoms with Crippen molar-refractivity contribution in [2.75, 3.05) is 20.6 Å². The van der Waals surface area contributed by atoms with Crippen LogP contribution in [0.15, 0.2) is 43.0 Å². The second-order valence-electron chi connectivity index (χ2n) is 9.19. The maximum absolute atomic E-state index is 4.11. The number of likely N-dealkylation sites (N-methyl/N-ethyl adjacent to an activating group) is 1. The van der Waals surface area contributed by atoms with Crippen molar-refractivity contribution in [2.45, 2.75) is 103 Å². The first-order valence-electron chi connectivity index (χ1n) is 12.1. The number of rotatable bonds is 18. The van der Waals surface area contributed by atoms with Gasteiger partial charge in [-0.15, -0.1) is 0 Å². The molecule has 160 valence electrons. The molecule has 0 aromatic heterocycles. The molecule has 0 amide bonds. The molecule has 1 rings (SSSR count). The smallest absolute Gasteiger partial charge is 0.133 e. The standard InChI is InChI=1S/C27H48N/c1-5-7-8-9-10-11-12-13-14-15-16-17-18-22-25-28(3,4)27(6-2)26-23-20-19-21-24-26/h6,19-21,23-24,27H,2,5,7-18,22,25H2,1,3-4H3/q+1. The van der Waals surface area contributed by atoms with Crippen LogP contribution in [0.25, 0.3) is 0 Å². The summed E-state index contributed by atoms with van der Waals surface area (Å²) in [5.41, 5.74) is 1.38. The summed E-state index contributed by atoms with van der Waals surface area (Å²) in [6.45, 7) is 7.63. The van der Waals surface area contributed by atoms with Gasteiger partial charge in [0.25, 0.3) is 0 Å². The lowest BCUT2D eigenvalue weighted by Crippen LogP contribution is -2.43. The summed E-state index contributed by atoms with van der Waals surface area (Å²) in [6.07, 6.45) is 22.1. The molecule has 1 aromatic carbocycles. The van der Waals surface area contributed by atoms with Crippen molar-refractivity contribution in [1.29, 1.82) is 0 Å². The van der Waals surface area contributed by atoms with Crippen molar-refractivity contribution >= 4 is 0 Å². The van der Waals surface area contributed by atoms with E-state index in [0.29, 0.717) is 6.04 Å². The predicted octanol–water partition coefficient (Wildman–Crippen LogP) is 8.47. The summed E-state index contributed by atoms with van der Waals surface area (Å²) < 4.78 is 1.01. The van der Waals surface area contributed by atoms with Crippen LogP contribution in [0.3, 0.4) is 0 Å². The second kappa shape index (κ2) is 15.8. The van der Waals surface area contributed by atoms with E-state index in [0.717, 1.165) is 4.48 Å². The van der Waals surface area contributed by atoms with Crippen LogP contribution in [0.5, 0.6) is 0 Å². The van der Waals surface area contributed by atoms with Crippen LogP contribution in [0.1, 0.15) is 108 Å². The summed E-state index contributed by atoms with van der Waals surface area (Å²) >= 11 is 0. The van der Waals surface area contributed by atoms with Gasteiger partial charge in [0.2, 0.25) is 0 Å². The first-order valence-corrected chi connectivity index (χ1v) is 12.1. The average molecular weight is 387 g/mol. The zero-order valence-electron chi connectivity index (χ0n) is 19.3. The second-order valence-corrected chi connectivity index (χ2v) is 9.19. The fourth-order valence-corrected chi connectivity index (χ4v) is 4.33. The minimum atomic E-state index is 0.392. The number of hydrogen-bond acceptors (Lipinski definition) is 0. The van der Waals surface area contributed by atoms with E-state index in [1.165, 1.54) is 102 Å². The van der Waals surface area contributed by atoms with Crippen molar-refractivity contribution in [1.82, 2.24) is 0 Å². The van der Waals surface area contributed by atoms with Crippen molar-refractivity contribution < 1.29 is 4.48 Å². The molecule has 0 bridgehead atoms. The fraction of sp³-hybridized carbons (Fsp3) is 0.704. The van der Waals surface area contributed by atoms with E-state index >= 15 is 0 Å². The largest absolute Gasteiger partial charge is 0.319 e. The SMILES string of the molecule is C=CC(c1ccccc1)[N+](C)(C)CCCCCCCCCCCCCCCC. The minimum Gasteiger partial charge on any atom is -0.319 e. The van der Waals surface area contributed by atoms with E-state index in [9.17, 15) is 0 Å². The molecular weight excluding hydrogens is 338 g/mol. The summed E-state index contributed by atoms with van der Waals surface area (Å²) in [4.78, 5) is 0. The summed E-state index contributed by atoms with van der Waals surface area (Å²) in [5.74, 6) is 0. The lowest BCUT2D eigenvalue weighted by molar-refractivity contribution is -0.914. The van der Waals surface area contributed by atoms with Gasteiger partial charge in [-0.2, -0.15) is 0 Å². The zero-order chi connectivity index (χ0) is 20.5. The molecule has 0 aliphatic carbocycles. The Balaban J connectivity index is 2.02. The number of hydrogen-bond donors (Lipinski definition) is 0. The highest BCUT2D eigenvalue weighted by Gasteiger charge is 2.26. The van der Waals surface area contributed by atoms with Crippen LogP contribution in [0.2, 0.25) is 0 Å². The Morgan fingerprint density at radius 1 is 0.714 bits per heavy atom. The van der Waals surface area contributed by atoms with Gasteiger partial charge in [0, 0.05) is 5.56 Å². The summed E-state index contributed by atoms with van der Waals surface area (Å²) in [7, 11) is 4.70. The Labute approximate surface area is 176 Å². The fourth-order valence-electron chi connectivity index (χ4n) is 4.33. The van der Waals surface area contributed by atoms with Crippen molar-refractivity contribution in [2.24, 2.45) is 0 Å². The molecule has 0 spiro atoms. The molecule has 1 aromatic rings. The molecule has 1 unspecified atom stereocenters. The van der Waals surface area contributed by atoms with Gasteiger partial charge in [0.15, 0.2) is 0 Å². The lowest BCUT2D eigenvalue weighted by Gasteiger charge is -2.37. The molecule has 0 saturated carbocycles. The van der Waals surface area contributed by atoms with Crippen LogP contribution in [0, 0.1) is 0 Å². The van der Waals surface area contributed by atoms with E-state index in [4.69, 9.17) is 0 Å². The highest BCUT2D eigenvalue weighted by atomic mass is 15.3. The monoisotopic (exact) mass is 386 g/mol. The van der Waals surface area contributed by atoms with Crippen molar-refractivity contribution in [3.05, 3.63) is 48.6 Å². The summed E-state index contributed by atoms with van der Waals surface area (Å²) in [5, 5.41) is 0. The number of quaternary nitrogens is 1. The Morgan fingerprint density at radius 3 is 1.57 bits per heavy atom. The van der Waals surface area contributed by atoms with Gasteiger partial charge in [-0.05, 0) is 18.9 Å². The number of nitrogens with zero attached hydrogens (tertiary/aromatic N) is 1. The third-order valence-corrected chi connectivity index (χ3v) is 6.21. The average Bonchev–Trinajstić information content (AvgIpc) is 2.69. The van der Waals surface area contributed by atoms with Crippen molar-refractivity contribution in [3.63, 3.8) is 0 Å². The molecule has 1 heteroatoms. The molecule has 0 aliphatic rings. The molecule has 1 atom stereocenters. The highest BCUT2D eigenvalue weighted by molar-refractivity contribution is 5.20. The lowest BCUT2D eigenvalue weighted by atomic mass is 10.0. The zero-order valence-corrected chi connectivity index (χ0v) is 19.3. The third-order valence-electron chi connectivity index (χ3n) is 6.21. The normalized spacial score (nSPS) is 12.8. The van der Waals surface area contributed by atoms with Gasteiger partial charge < -0.3 is 4.48 Å². The molecule has 0 N–H and O–H groups in total. The van der Waals surface area contributed by atoms with Gasteiger partial charge in [-0.3, -0.25) is 0 Å². The molecule has 28 heavy (non-hydrogen) atoms. The quantitative estimate of drug-likeness (QED) is 0.135. The maximum atomic E-state index is 4.11. The van der Waals surface area contributed by atoms with Crippen LogP contribution in [0.4, 0.5) is 0 Å². The molecule has 0 saturated heterocycles. The van der Waals surface area contributed by atoms with Gasteiger partial charge >= 0.3 is 0 Å². The van der Waals surface area contributed by atoms with Crippen LogP contribution < -0.4 is 0 Å². The van der Waals surface area contributed by atoms with Gasteiger partial charge in [-0.1, -0.05) is 121 Å². The molecule has 0 fully saturated rings. The van der Waals surface area contributed by atoms with E-state index in [1.54, 1.807) is 0 Å². The molecule has 0 aliphatic heterocycles. The Hall–Kier alpha value is -1.08. The minimum absolute atomic E-state index is 0.392.